The number of aromatic hydroxyl groups is 1. The standard InChI is InChI=1S/C15H16N2O/c1-10-9-16-6-5-13(10)15-14-3-2-12(18)8-11(14)4-7-17-15/h2-3,5-6,8-9,15,17-18H,4,7H2,1H3. The van der Waals surface area contributed by atoms with Crippen LogP contribution in [0.5, 0.6) is 5.75 Å². The number of phenols is 1. The summed E-state index contributed by atoms with van der Waals surface area (Å²) in [6.45, 7) is 3.02. The fourth-order valence-electron chi connectivity index (χ4n) is 2.64. The Bertz CT molecular complexity index is 580. The highest BCUT2D eigenvalue weighted by Gasteiger charge is 2.22. The molecule has 1 aromatic carbocycles. The molecule has 3 heteroatoms. The Kier molecular flexibility index (Phi) is 2.76. The molecule has 0 aliphatic carbocycles. The van der Waals surface area contributed by atoms with E-state index in [0.29, 0.717) is 5.75 Å². The minimum atomic E-state index is 0.206. The molecule has 92 valence electrons. The molecule has 18 heavy (non-hydrogen) atoms. The van der Waals surface area contributed by atoms with Crippen molar-refractivity contribution in [3.05, 3.63) is 58.9 Å². The first-order chi connectivity index (χ1) is 8.75. The largest absolute Gasteiger partial charge is 0.508 e. The molecule has 2 N–H and O–H groups in total. The van der Waals surface area contributed by atoms with E-state index in [9.17, 15) is 5.11 Å². The van der Waals surface area contributed by atoms with Gasteiger partial charge in [0.2, 0.25) is 0 Å². The van der Waals surface area contributed by atoms with Crippen molar-refractivity contribution in [3.8, 4) is 5.75 Å². The summed E-state index contributed by atoms with van der Waals surface area (Å²) in [6, 6.07) is 7.92. The normalized spacial score (nSPS) is 18.4. The van der Waals surface area contributed by atoms with Gasteiger partial charge in [0.05, 0.1) is 6.04 Å². The predicted octanol–water partition coefficient (Wildman–Crippen LogP) is 2.33. The van der Waals surface area contributed by atoms with Crippen LogP contribution in [0.4, 0.5) is 0 Å². The van der Waals surface area contributed by atoms with Gasteiger partial charge in [-0.05, 0) is 53.8 Å². The number of aromatic nitrogens is 1. The molecule has 0 fully saturated rings. The first kappa shape index (κ1) is 11.2. The van der Waals surface area contributed by atoms with E-state index in [4.69, 9.17) is 0 Å². The van der Waals surface area contributed by atoms with E-state index in [2.05, 4.69) is 23.3 Å². The lowest BCUT2D eigenvalue weighted by Crippen LogP contribution is -2.31. The maximum absolute atomic E-state index is 9.57. The highest BCUT2D eigenvalue weighted by Crippen LogP contribution is 2.31. The number of pyridine rings is 1. The summed E-state index contributed by atoms with van der Waals surface area (Å²) >= 11 is 0. The van der Waals surface area contributed by atoms with Crippen molar-refractivity contribution in [2.75, 3.05) is 6.54 Å². The first-order valence-electron chi connectivity index (χ1n) is 6.21. The van der Waals surface area contributed by atoms with Gasteiger partial charge in [-0.15, -0.1) is 0 Å². The van der Waals surface area contributed by atoms with Crippen molar-refractivity contribution in [1.82, 2.24) is 10.3 Å². The summed E-state index contributed by atoms with van der Waals surface area (Å²) in [5, 5.41) is 13.1. The molecule has 0 saturated heterocycles. The van der Waals surface area contributed by atoms with Crippen LogP contribution in [0.25, 0.3) is 0 Å². The molecule has 1 aliphatic rings. The summed E-state index contributed by atoms with van der Waals surface area (Å²) in [5.74, 6) is 0.348. The van der Waals surface area contributed by atoms with Crippen LogP contribution < -0.4 is 5.32 Å². The van der Waals surface area contributed by atoms with Crippen LogP contribution in [0.3, 0.4) is 0 Å². The molecule has 1 unspecified atom stereocenters. The van der Waals surface area contributed by atoms with Crippen molar-refractivity contribution in [3.63, 3.8) is 0 Å². The Morgan fingerprint density at radius 3 is 3.00 bits per heavy atom. The van der Waals surface area contributed by atoms with Crippen molar-refractivity contribution in [1.29, 1.82) is 0 Å². The zero-order valence-electron chi connectivity index (χ0n) is 10.4. The van der Waals surface area contributed by atoms with Crippen LogP contribution in [0, 0.1) is 6.92 Å². The average Bonchev–Trinajstić information content (AvgIpc) is 2.38. The smallest absolute Gasteiger partial charge is 0.115 e. The zero-order chi connectivity index (χ0) is 12.5. The van der Waals surface area contributed by atoms with Crippen molar-refractivity contribution >= 4 is 0 Å². The lowest BCUT2D eigenvalue weighted by molar-refractivity contribution is 0.471. The Morgan fingerprint density at radius 2 is 2.17 bits per heavy atom. The number of nitrogens with one attached hydrogen (secondary N) is 1. The fourth-order valence-corrected chi connectivity index (χ4v) is 2.64. The van der Waals surface area contributed by atoms with E-state index in [0.717, 1.165) is 13.0 Å². The van der Waals surface area contributed by atoms with E-state index in [1.807, 2.05) is 24.5 Å². The molecule has 2 heterocycles. The minimum Gasteiger partial charge on any atom is -0.508 e. The molecule has 0 amide bonds. The first-order valence-corrected chi connectivity index (χ1v) is 6.21. The van der Waals surface area contributed by atoms with Crippen LogP contribution >= 0.6 is 0 Å². The van der Waals surface area contributed by atoms with Gasteiger partial charge in [0.15, 0.2) is 0 Å². The number of benzene rings is 1. The molecule has 1 aromatic heterocycles. The van der Waals surface area contributed by atoms with Gasteiger partial charge in [-0.1, -0.05) is 6.07 Å². The molecule has 0 saturated carbocycles. The molecule has 3 rings (SSSR count). The topological polar surface area (TPSA) is 45.2 Å². The average molecular weight is 240 g/mol. The van der Waals surface area contributed by atoms with Gasteiger partial charge in [0.25, 0.3) is 0 Å². The third-order valence-electron chi connectivity index (χ3n) is 3.56. The second-order valence-electron chi connectivity index (χ2n) is 4.75. The molecule has 1 aliphatic heterocycles. The summed E-state index contributed by atoms with van der Waals surface area (Å²) < 4.78 is 0. The van der Waals surface area contributed by atoms with Crippen molar-refractivity contribution in [2.24, 2.45) is 0 Å². The Morgan fingerprint density at radius 1 is 1.28 bits per heavy atom. The van der Waals surface area contributed by atoms with Gasteiger partial charge in [-0.25, -0.2) is 0 Å². The second kappa shape index (κ2) is 4.42. The molecule has 1 atom stereocenters. The maximum atomic E-state index is 9.57. The van der Waals surface area contributed by atoms with Gasteiger partial charge in [0, 0.05) is 18.9 Å². The maximum Gasteiger partial charge on any atom is 0.115 e. The summed E-state index contributed by atoms with van der Waals surface area (Å²) in [6.07, 6.45) is 4.69. The number of rotatable bonds is 1. The van der Waals surface area contributed by atoms with Crippen molar-refractivity contribution in [2.45, 2.75) is 19.4 Å². The van der Waals surface area contributed by atoms with Crippen LogP contribution in [0.15, 0.2) is 36.7 Å². The van der Waals surface area contributed by atoms with Crippen LogP contribution in [-0.4, -0.2) is 16.6 Å². The van der Waals surface area contributed by atoms with Gasteiger partial charge >= 0.3 is 0 Å². The molecule has 0 spiro atoms. The quantitative estimate of drug-likeness (QED) is 0.804. The summed E-state index contributed by atoms with van der Waals surface area (Å²) in [4.78, 5) is 4.14. The third kappa shape index (κ3) is 1.87. The highest BCUT2D eigenvalue weighted by atomic mass is 16.3. The van der Waals surface area contributed by atoms with Crippen LogP contribution in [0.1, 0.15) is 28.3 Å². The number of fused-ring (bicyclic) bond motifs is 1. The molecule has 0 radical (unpaired) electrons. The van der Waals surface area contributed by atoms with E-state index in [1.54, 1.807) is 6.07 Å². The number of phenolic OH excluding ortho intramolecular Hbond substituents is 1. The van der Waals surface area contributed by atoms with E-state index >= 15 is 0 Å². The fraction of sp³-hybridized carbons (Fsp3) is 0.267. The van der Waals surface area contributed by atoms with E-state index in [1.165, 1.54) is 22.3 Å². The Labute approximate surface area is 107 Å². The molecular weight excluding hydrogens is 224 g/mol. The van der Waals surface area contributed by atoms with Crippen molar-refractivity contribution < 1.29 is 5.11 Å². The Hall–Kier alpha value is -1.87. The number of nitrogens with zero attached hydrogens (tertiary/aromatic N) is 1. The molecule has 0 bridgehead atoms. The van der Waals surface area contributed by atoms with Crippen LogP contribution in [0.2, 0.25) is 0 Å². The van der Waals surface area contributed by atoms with Crippen LogP contribution in [-0.2, 0) is 6.42 Å². The van der Waals surface area contributed by atoms with E-state index < -0.39 is 0 Å². The lowest BCUT2D eigenvalue weighted by atomic mass is 9.88. The summed E-state index contributed by atoms with van der Waals surface area (Å²) in [5.41, 5.74) is 4.94. The third-order valence-corrected chi connectivity index (χ3v) is 3.56. The van der Waals surface area contributed by atoms with Gasteiger partial charge in [-0.3, -0.25) is 4.98 Å². The van der Waals surface area contributed by atoms with E-state index in [-0.39, 0.29) is 6.04 Å². The molecule has 3 nitrogen and oxygen atoms in total. The van der Waals surface area contributed by atoms with Gasteiger partial charge in [-0.2, -0.15) is 0 Å². The number of hydrogen-bond donors (Lipinski definition) is 2. The predicted molar refractivity (Wildman–Crippen MR) is 70.6 cm³/mol. The monoisotopic (exact) mass is 240 g/mol. The molecular formula is C15H16N2O. The summed E-state index contributed by atoms with van der Waals surface area (Å²) in [7, 11) is 0. The van der Waals surface area contributed by atoms with Gasteiger partial charge < -0.3 is 10.4 Å². The minimum absolute atomic E-state index is 0.206. The lowest BCUT2D eigenvalue weighted by Gasteiger charge is -2.28. The second-order valence-corrected chi connectivity index (χ2v) is 4.75. The van der Waals surface area contributed by atoms with Gasteiger partial charge in [0.1, 0.15) is 5.75 Å². The Balaban J connectivity index is 2.09. The molecule has 2 aromatic rings. The highest BCUT2D eigenvalue weighted by molar-refractivity contribution is 5.44. The zero-order valence-corrected chi connectivity index (χ0v) is 10.4. The number of aryl methyl sites for hydroxylation is 1. The SMILES string of the molecule is Cc1cnccc1C1NCCc2cc(O)ccc21. The number of hydrogen-bond acceptors (Lipinski definition) is 3.